The molecule has 0 atom stereocenters. The summed E-state index contributed by atoms with van der Waals surface area (Å²) in [6, 6.07) is 6.34. The summed E-state index contributed by atoms with van der Waals surface area (Å²) in [4.78, 5) is 9.96. The summed E-state index contributed by atoms with van der Waals surface area (Å²) in [5, 5.41) is 10.4. The number of nitro benzene ring substituents is 1. The second-order valence-electron chi connectivity index (χ2n) is 2.13. The van der Waals surface area contributed by atoms with Crippen LogP contribution >= 0.6 is 0 Å². The van der Waals surface area contributed by atoms with E-state index in [-0.39, 0.29) is 38.4 Å². The molecule has 0 spiro atoms. The van der Waals surface area contributed by atoms with Crippen LogP contribution < -0.4 is 11.3 Å². The van der Waals surface area contributed by atoms with Crippen LogP contribution in [0.5, 0.6) is 0 Å². The first-order valence-electron chi connectivity index (χ1n) is 4.28. The van der Waals surface area contributed by atoms with E-state index in [0.29, 0.717) is 5.56 Å². The van der Waals surface area contributed by atoms with Gasteiger partial charge in [-0.3, -0.25) is 21.4 Å². The van der Waals surface area contributed by atoms with Gasteiger partial charge in [-0.1, -0.05) is 25.5 Å². The van der Waals surface area contributed by atoms with Crippen molar-refractivity contribution in [2.24, 2.45) is 5.84 Å². The van der Waals surface area contributed by atoms with Crippen molar-refractivity contribution in [1.82, 2.24) is 5.43 Å². The Bertz CT molecular complexity index is 294. The number of nitrogens with one attached hydrogen (secondary N) is 1. The average molecular weight is 285 g/mol. The van der Waals surface area contributed by atoms with E-state index in [0.717, 1.165) is 0 Å². The predicted molar refractivity (Wildman–Crippen MR) is 55.2 cm³/mol. The average Bonchev–Trinajstić information content (AvgIpc) is 2.22. The van der Waals surface area contributed by atoms with E-state index in [1.165, 1.54) is 12.6 Å². The molecule has 0 bridgehead atoms. The molecule has 1 aromatic rings. The van der Waals surface area contributed by atoms with Gasteiger partial charge in [-0.05, 0) is 6.07 Å². The first-order chi connectivity index (χ1) is 6.75. The van der Waals surface area contributed by atoms with Crippen LogP contribution in [0.4, 0.5) is 5.69 Å². The maximum atomic E-state index is 10.4. The van der Waals surface area contributed by atoms with E-state index in [4.69, 9.17) is 5.84 Å². The summed E-state index contributed by atoms with van der Waals surface area (Å²) in [5.41, 5.74) is 2.75. The van der Waals surface area contributed by atoms with Crippen molar-refractivity contribution in [3.05, 3.63) is 46.5 Å². The maximum absolute atomic E-state index is 10.4. The van der Waals surface area contributed by atoms with E-state index in [9.17, 15) is 10.1 Å². The number of hydrogen-bond donors (Lipinski definition) is 2. The first kappa shape index (κ1) is 16.9. The summed E-state index contributed by atoms with van der Waals surface area (Å²) in [5.74, 6) is 5.00. The molecule has 1 radical (unpaired) electrons. The van der Waals surface area contributed by atoms with Crippen molar-refractivity contribution in [3.63, 3.8) is 0 Å². The number of rotatable bonds is 3. The van der Waals surface area contributed by atoms with Gasteiger partial charge < -0.3 is 0 Å². The van der Waals surface area contributed by atoms with Gasteiger partial charge in [-0.15, -0.1) is 12.6 Å². The fourth-order valence-corrected chi connectivity index (χ4v) is 0.866. The minimum absolute atomic E-state index is 0. The van der Waals surface area contributed by atoms with Gasteiger partial charge in [0.05, 0.1) is 0 Å². The molecule has 1 aromatic carbocycles. The quantitative estimate of drug-likeness (QED) is 0.382. The molecule has 0 fully saturated rings. The molecule has 0 saturated heterocycles. The third kappa shape index (κ3) is 5.84. The molecule has 15 heavy (non-hydrogen) atoms. The Morgan fingerprint density at radius 3 is 2.40 bits per heavy atom. The van der Waals surface area contributed by atoms with Gasteiger partial charge >= 0.3 is 0 Å². The minimum Gasteiger partial charge on any atom is -0.290 e. The van der Waals surface area contributed by atoms with Crippen molar-refractivity contribution in [1.29, 1.82) is 0 Å². The number of nitrogens with zero attached hydrogens (tertiary/aromatic N) is 1. The largest absolute Gasteiger partial charge is 0.290 e. The fraction of sp³-hybridized carbons (Fsp3) is 0.222. The second-order valence-corrected chi connectivity index (χ2v) is 2.13. The summed E-state index contributed by atoms with van der Waals surface area (Å²) >= 11 is 0. The van der Waals surface area contributed by atoms with Crippen molar-refractivity contribution in [2.75, 3.05) is 0 Å². The minimum atomic E-state index is -0.455. The molecular weight excluding hydrogens is 271 g/mol. The summed E-state index contributed by atoms with van der Waals surface area (Å²) < 4.78 is 0. The zero-order valence-electron chi connectivity index (χ0n) is 8.81. The van der Waals surface area contributed by atoms with Crippen LogP contribution in [0.15, 0.2) is 24.3 Å². The Labute approximate surface area is 114 Å². The van der Waals surface area contributed by atoms with E-state index < -0.39 is 4.92 Å². The second kappa shape index (κ2) is 10.0. The van der Waals surface area contributed by atoms with Gasteiger partial charge in [0, 0.05) is 37.6 Å². The van der Waals surface area contributed by atoms with Crippen LogP contribution in [0.3, 0.4) is 0 Å². The molecule has 5 nitrogen and oxygen atoms in total. The van der Waals surface area contributed by atoms with Gasteiger partial charge in [-0.25, -0.2) is 0 Å². The Morgan fingerprint density at radius 1 is 1.40 bits per heavy atom. The molecule has 81 valence electrons. The Hall–Kier alpha value is -0.486. The topological polar surface area (TPSA) is 81.2 Å². The third-order valence-corrected chi connectivity index (χ3v) is 1.37. The summed E-state index contributed by atoms with van der Waals surface area (Å²) in [6.07, 6.45) is 0. The number of nitrogens with two attached hydrogens (primary N) is 1. The zero-order chi connectivity index (χ0) is 11.0. The molecule has 0 aliphatic rings. The van der Waals surface area contributed by atoms with Crippen molar-refractivity contribution in [2.45, 2.75) is 13.8 Å². The standard InChI is InChI=1S/C7H8N3O2.C2H6.Y/c8-9-5-6-3-1-2-4-7(6)10(11)12;1-2;/h1-5,9H,8H2;1-2H3;/q-1;;. The molecular formula is C9H14N3O2Y-. The summed E-state index contributed by atoms with van der Waals surface area (Å²) in [6.45, 7) is 5.37. The molecule has 0 unspecified atom stereocenters. The van der Waals surface area contributed by atoms with Crippen LogP contribution in [0.1, 0.15) is 19.4 Å². The monoisotopic (exact) mass is 285 g/mol. The molecule has 0 saturated carbocycles. The molecule has 6 heteroatoms. The van der Waals surface area contributed by atoms with Crippen molar-refractivity contribution < 1.29 is 37.6 Å². The number of hydrogen-bond acceptors (Lipinski definition) is 4. The fourth-order valence-electron chi connectivity index (χ4n) is 0.866. The van der Waals surface area contributed by atoms with E-state index in [2.05, 4.69) is 5.43 Å². The van der Waals surface area contributed by atoms with Crippen molar-refractivity contribution >= 4 is 5.69 Å². The van der Waals surface area contributed by atoms with Gasteiger partial charge in [0.1, 0.15) is 0 Å². The van der Waals surface area contributed by atoms with Crippen LogP contribution in [-0.2, 0) is 32.7 Å². The van der Waals surface area contributed by atoms with E-state index in [1.807, 2.05) is 13.8 Å². The predicted octanol–water partition coefficient (Wildman–Crippen LogP) is 1.59. The normalized spacial score (nSPS) is 7.93. The Morgan fingerprint density at radius 2 is 1.93 bits per heavy atom. The SMILES string of the molecule is CC.NN[CH-]c1ccccc1[N+](=O)[O-].[Y]. The third-order valence-electron chi connectivity index (χ3n) is 1.37. The molecule has 1 rings (SSSR count). The van der Waals surface area contributed by atoms with Crippen molar-refractivity contribution in [3.8, 4) is 0 Å². The zero-order valence-corrected chi connectivity index (χ0v) is 11.6. The number of nitro groups is 1. The van der Waals surface area contributed by atoms with Crippen LogP contribution in [0.2, 0.25) is 0 Å². The molecule has 0 aromatic heterocycles. The van der Waals surface area contributed by atoms with Crippen LogP contribution in [0, 0.1) is 16.7 Å². The number of para-hydroxylation sites is 1. The molecule has 0 heterocycles. The van der Waals surface area contributed by atoms with E-state index >= 15 is 0 Å². The molecule has 0 aliphatic heterocycles. The summed E-state index contributed by atoms with van der Waals surface area (Å²) in [7, 11) is 0. The molecule has 0 amide bonds. The smallest absolute Gasteiger partial charge is 0.171 e. The van der Waals surface area contributed by atoms with Gasteiger partial charge in [-0.2, -0.15) is 6.07 Å². The Balaban J connectivity index is 0. The van der Waals surface area contributed by atoms with Crippen LogP contribution in [0.25, 0.3) is 0 Å². The first-order valence-corrected chi connectivity index (χ1v) is 4.28. The Kier molecular flexibility index (Phi) is 11.3. The maximum Gasteiger partial charge on any atom is 0.171 e. The van der Waals surface area contributed by atoms with Crippen LogP contribution in [-0.4, -0.2) is 4.92 Å². The molecule has 0 aliphatic carbocycles. The number of benzene rings is 1. The van der Waals surface area contributed by atoms with E-state index in [1.54, 1.807) is 18.2 Å². The van der Waals surface area contributed by atoms with Gasteiger partial charge in [0.2, 0.25) is 0 Å². The van der Waals surface area contributed by atoms with Gasteiger partial charge in [0.25, 0.3) is 0 Å². The molecule has 3 N–H and O–H groups in total. The number of hydrazine groups is 1. The van der Waals surface area contributed by atoms with Gasteiger partial charge in [0.15, 0.2) is 5.69 Å².